The van der Waals surface area contributed by atoms with Gasteiger partial charge in [0.05, 0.1) is 11.2 Å². The molecule has 98 valence electrons. The largest absolute Gasteiger partial charge is 0.432 e. The Labute approximate surface area is 103 Å². The second kappa shape index (κ2) is 3.74. The third kappa shape index (κ3) is 2.01. The van der Waals surface area contributed by atoms with E-state index in [1.807, 2.05) is 5.10 Å². The molecule has 5 nitrogen and oxygen atoms in total. The van der Waals surface area contributed by atoms with E-state index in [1.165, 1.54) is 12.1 Å². The predicted molar refractivity (Wildman–Crippen MR) is 59.4 cm³/mol. The fourth-order valence-electron chi connectivity index (χ4n) is 1.72. The van der Waals surface area contributed by atoms with Crippen molar-refractivity contribution >= 4 is 11.1 Å². The van der Waals surface area contributed by atoms with E-state index >= 15 is 0 Å². The third-order valence-corrected chi connectivity index (χ3v) is 2.60. The normalized spacial score (nSPS) is 12.2. The Morgan fingerprint density at radius 2 is 2.00 bits per heavy atom. The van der Waals surface area contributed by atoms with E-state index in [4.69, 9.17) is 4.42 Å². The summed E-state index contributed by atoms with van der Waals surface area (Å²) in [6.45, 7) is 0. The number of halogens is 3. The summed E-state index contributed by atoms with van der Waals surface area (Å²) in [6, 6.07) is 5.43. The SMILES string of the molecule is O=c1[nH]c2ccc(-c3cc(C(F)(F)F)[nH]n3)cc2o1. The topological polar surface area (TPSA) is 74.7 Å². The lowest BCUT2D eigenvalue weighted by Gasteiger charge is -1.99. The van der Waals surface area contributed by atoms with E-state index in [2.05, 4.69) is 10.1 Å². The molecular formula is C11H6F3N3O2. The number of aromatic amines is 2. The Balaban J connectivity index is 2.08. The predicted octanol–water partition coefficient (Wildman–Crippen LogP) is 2.53. The van der Waals surface area contributed by atoms with E-state index in [-0.39, 0.29) is 11.3 Å². The standard InChI is InChI=1S/C11H6F3N3O2/c12-11(13,14)9-4-7(16-17-9)5-1-2-6-8(3-5)19-10(18)15-6/h1-4H,(H,15,18)(H,16,17). The van der Waals surface area contributed by atoms with E-state index in [0.717, 1.165) is 6.07 Å². The minimum absolute atomic E-state index is 0.123. The number of nitrogens with zero attached hydrogens (tertiary/aromatic N) is 1. The molecule has 3 rings (SSSR count). The molecule has 2 aromatic heterocycles. The second-order valence-corrected chi connectivity index (χ2v) is 3.89. The van der Waals surface area contributed by atoms with Crippen molar-refractivity contribution in [2.24, 2.45) is 0 Å². The van der Waals surface area contributed by atoms with Crippen LogP contribution in [-0.4, -0.2) is 15.2 Å². The molecule has 0 aliphatic rings. The number of rotatable bonds is 1. The van der Waals surface area contributed by atoms with Crippen LogP contribution in [0.25, 0.3) is 22.4 Å². The maximum atomic E-state index is 12.4. The first-order valence-corrected chi connectivity index (χ1v) is 5.19. The summed E-state index contributed by atoms with van der Waals surface area (Å²) in [4.78, 5) is 13.4. The van der Waals surface area contributed by atoms with Gasteiger partial charge in [-0.25, -0.2) is 4.79 Å². The lowest BCUT2D eigenvalue weighted by atomic mass is 10.1. The molecule has 3 aromatic rings. The number of alkyl halides is 3. The number of nitrogens with one attached hydrogen (secondary N) is 2. The monoisotopic (exact) mass is 269 g/mol. The first-order valence-electron chi connectivity index (χ1n) is 5.19. The number of H-pyrrole nitrogens is 2. The van der Waals surface area contributed by atoms with Gasteiger partial charge in [0, 0.05) is 5.56 Å². The van der Waals surface area contributed by atoms with E-state index in [9.17, 15) is 18.0 Å². The molecule has 19 heavy (non-hydrogen) atoms. The molecule has 0 radical (unpaired) electrons. The van der Waals surface area contributed by atoms with Crippen molar-refractivity contribution in [1.29, 1.82) is 0 Å². The van der Waals surface area contributed by atoms with Crippen LogP contribution >= 0.6 is 0 Å². The van der Waals surface area contributed by atoms with Crippen LogP contribution in [0.5, 0.6) is 0 Å². The van der Waals surface area contributed by atoms with E-state index in [1.54, 1.807) is 6.07 Å². The highest BCUT2D eigenvalue weighted by Crippen LogP contribution is 2.30. The molecule has 0 unspecified atom stereocenters. The molecule has 2 heterocycles. The first-order chi connectivity index (χ1) is 8.93. The van der Waals surface area contributed by atoms with Crippen molar-refractivity contribution in [2.75, 3.05) is 0 Å². The summed E-state index contributed by atoms with van der Waals surface area (Å²) in [5.74, 6) is -0.620. The van der Waals surface area contributed by atoms with Gasteiger partial charge in [-0.1, -0.05) is 6.07 Å². The Morgan fingerprint density at radius 1 is 1.21 bits per heavy atom. The highest BCUT2D eigenvalue weighted by Gasteiger charge is 2.33. The van der Waals surface area contributed by atoms with Crippen LogP contribution in [0.1, 0.15) is 5.69 Å². The summed E-state index contributed by atoms with van der Waals surface area (Å²) in [6.07, 6.45) is -4.48. The van der Waals surface area contributed by atoms with Gasteiger partial charge in [-0.15, -0.1) is 0 Å². The van der Waals surface area contributed by atoms with Gasteiger partial charge in [-0.2, -0.15) is 18.3 Å². The highest BCUT2D eigenvalue weighted by atomic mass is 19.4. The lowest BCUT2D eigenvalue weighted by molar-refractivity contribution is -0.141. The van der Waals surface area contributed by atoms with Crippen LogP contribution in [0.15, 0.2) is 33.5 Å². The van der Waals surface area contributed by atoms with Crippen LogP contribution < -0.4 is 5.76 Å². The zero-order chi connectivity index (χ0) is 13.6. The Hall–Kier alpha value is -2.51. The maximum absolute atomic E-state index is 12.4. The van der Waals surface area contributed by atoms with Crippen LogP contribution in [0, 0.1) is 0 Å². The minimum Gasteiger partial charge on any atom is -0.408 e. The number of oxazole rings is 1. The molecule has 0 fully saturated rings. The molecule has 0 aliphatic carbocycles. The van der Waals surface area contributed by atoms with Gasteiger partial charge in [-0.05, 0) is 18.2 Å². The molecular weight excluding hydrogens is 263 g/mol. The van der Waals surface area contributed by atoms with E-state index < -0.39 is 17.6 Å². The molecule has 0 bridgehead atoms. The number of fused-ring (bicyclic) bond motifs is 1. The van der Waals surface area contributed by atoms with Crippen molar-refractivity contribution in [3.8, 4) is 11.3 Å². The van der Waals surface area contributed by atoms with Crippen LogP contribution in [0.2, 0.25) is 0 Å². The average Bonchev–Trinajstić information content (AvgIpc) is 2.90. The van der Waals surface area contributed by atoms with Crippen molar-refractivity contribution < 1.29 is 17.6 Å². The molecule has 0 amide bonds. The van der Waals surface area contributed by atoms with Crippen molar-refractivity contribution in [2.45, 2.75) is 6.18 Å². The first kappa shape index (κ1) is 11.6. The van der Waals surface area contributed by atoms with Gasteiger partial charge >= 0.3 is 11.9 Å². The number of benzene rings is 1. The van der Waals surface area contributed by atoms with Crippen molar-refractivity contribution in [1.82, 2.24) is 15.2 Å². The summed E-state index contributed by atoms with van der Waals surface area (Å²) in [5, 5.41) is 5.51. The van der Waals surface area contributed by atoms with Gasteiger partial charge in [0.25, 0.3) is 0 Å². The molecule has 0 spiro atoms. The van der Waals surface area contributed by atoms with Crippen molar-refractivity contribution in [3.05, 3.63) is 40.5 Å². The Bertz CT molecular complexity index is 797. The summed E-state index contributed by atoms with van der Waals surface area (Å²) in [7, 11) is 0. The van der Waals surface area contributed by atoms with Gasteiger partial charge in [0.1, 0.15) is 5.69 Å². The molecule has 2 N–H and O–H groups in total. The quantitative estimate of drug-likeness (QED) is 0.712. The van der Waals surface area contributed by atoms with Gasteiger partial charge in [0.2, 0.25) is 0 Å². The fraction of sp³-hybridized carbons (Fsp3) is 0.0909. The maximum Gasteiger partial charge on any atom is 0.432 e. The smallest absolute Gasteiger partial charge is 0.408 e. The molecule has 0 aliphatic heterocycles. The number of hydrogen-bond acceptors (Lipinski definition) is 3. The van der Waals surface area contributed by atoms with E-state index in [0.29, 0.717) is 11.1 Å². The second-order valence-electron chi connectivity index (χ2n) is 3.89. The zero-order valence-corrected chi connectivity index (χ0v) is 9.21. The summed E-state index contributed by atoms with van der Waals surface area (Å²) >= 11 is 0. The van der Waals surface area contributed by atoms with Crippen LogP contribution in [0.3, 0.4) is 0 Å². The Morgan fingerprint density at radius 3 is 2.68 bits per heavy atom. The van der Waals surface area contributed by atoms with Crippen LogP contribution in [-0.2, 0) is 6.18 Å². The average molecular weight is 269 g/mol. The van der Waals surface area contributed by atoms with Crippen LogP contribution in [0.4, 0.5) is 13.2 Å². The molecule has 8 heteroatoms. The van der Waals surface area contributed by atoms with Gasteiger partial charge < -0.3 is 4.42 Å². The molecule has 0 saturated carbocycles. The molecule has 0 atom stereocenters. The summed E-state index contributed by atoms with van der Waals surface area (Å²) in [5.41, 5.74) is 0.345. The lowest BCUT2D eigenvalue weighted by Crippen LogP contribution is -2.04. The number of aromatic nitrogens is 3. The third-order valence-electron chi connectivity index (χ3n) is 2.60. The minimum atomic E-state index is -4.48. The molecule has 1 aromatic carbocycles. The Kier molecular flexibility index (Phi) is 2.28. The van der Waals surface area contributed by atoms with Gasteiger partial charge in [-0.3, -0.25) is 10.1 Å². The molecule has 0 saturated heterocycles. The van der Waals surface area contributed by atoms with Crippen molar-refractivity contribution in [3.63, 3.8) is 0 Å². The highest BCUT2D eigenvalue weighted by molar-refractivity contribution is 5.78. The summed E-state index contributed by atoms with van der Waals surface area (Å²) < 4.78 is 42.1. The number of hydrogen-bond donors (Lipinski definition) is 2. The fourth-order valence-corrected chi connectivity index (χ4v) is 1.72. The zero-order valence-electron chi connectivity index (χ0n) is 9.21. The van der Waals surface area contributed by atoms with Gasteiger partial charge in [0.15, 0.2) is 5.58 Å².